The number of nitrogens with zero attached hydrogens (tertiary/aromatic N) is 1. The van der Waals surface area contributed by atoms with Gasteiger partial charge in [-0.15, -0.1) is 23.5 Å². The van der Waals surface area contributed by atoms with Gasteiger partial charge in [-0.1, -0.05) is 77.8 Å². The number of allylic oxidation sites excluding steroid dienone is 1. The van der Waals surface area contributed by atoms with E-state index in [2.05, 4.69) is 18.2 Å². The van der Waals surface area contributed by atoms with Gasteiger partial charge in [-0.2, -0.15) is 5.26 Å². The summed E-state index contributed by atoms with van der Waals surface area (Å²) in [6.07, 6.45) is 1.15. The first-order valence-electron chi connectivity index (χ1n) is 10.5. The molecule has 0 unspecified atom stereocenters. The van der Waals surface area contributed by atoms with Gasteiger partial charge in [0.05, 0.1) is 4.24 Å². The average Bonchev–Trinajstić information content (AvgIpc) is 2.86. The van der Waals surface area contributed by atoms with Crippen molar-refractivity contribution in [2.24, 2.45) is 0 Å². The van der Waals surface area contributed by atoms with Crippen LogP contribution in [0.25, 0.3) is 11.1 Å². The van der Waals surface area contributed by atoms with Crippen molar-refractivity contribution < 1.29 is 4.74 Å². The van der Waals surface area contributed by atoms with Crippen LogP contribution in [0.2, 0.25) is 10.0 Å². The molecule has 0 atom stereocenters. The van der Waals surface area contributed by atoms with Crippen molar-refractivity contribution in [1.29, 1.82) is 5.26 Å². The highest BCUT2D eigenvalue weighted by Crippen LogP contribution is 2.45. The Morgan fingerprint density at radius 2 is 1.33 bits per heavy atom. The van der Waals surface area contributed by atoms with Gasteiger partial charge < -0.3 is 4.74 Å². The molecule has 1 heterocycles. The Labute approximate surface area is 213 Å². The minimum atomic E-state index is -0.0230. The number of hydrogen-bond donors (Lipinski definition) is 0. The highest BCUT2D eigenvalue weighted by molar-refractivity contribution is 8.22. The second-order valence-corrected chi connectivity index (χ2v) is 10.6. The Bertz CT molecular complexity index is 1140. The van der Waals surface area contributed by atoms with Crippen LogP contribution in [0.15, 0.2) is 88.9 Å². The van der Waals surface area contributed by atoms with E-state index in [-0.39, 0.29) is 6.61 Å². The first-order chi connectivity index (χ1) is 16.2. The van der Waals surface area contributed by atoms with E-state index in [1.54, 1.807) is 23.5 Å². The van der Waals surface area contributed by atoms with E-state index < -0.39 is 0 Å². The molecule has 0 radical (unpaired) electrons. The molecule has 1 fully saturated rings. The molecule has 0 N–H and O–H groups in total. The summed E-state index contributed by atoms with van der Waals surface area (Å²) in [5.41, 5.74) is 4.98. The molecule has 3 aromatic rings. The quantitative estimate of drug-likeness (QED) is 0.246. The molecule has 0 bridgehead atoms. The molecule has 1 saturated heterocycles. The molecular formula is C27H21Cl2NOS2. The SMILES string of the molecule is N#CCOC(=C1SCCCS1)C(=C(c1ccc(Cl)cc1)c1ccc(Cl)cc1)c1ccccc1. The van der Waals surface area contributed by atoms with E-state index in [4.69, 9.17) is 27.9 Å². The second kappa shape index (κ2) is 11.7. The molecule has 166 valence electrons. The third-order valence-electron chi connectivity index (χ3n) is 5.03. The Morgan fingerprint density at radius 1 is 0.788 bits per heavy atom. The van der Waals surface area contributed by atoms with Crippen molar-refractivity contribution in [3.8, 4) is 6.07 Å². The van der Waals surface area contributed by atoms with Crippen LogP contribution in [-0.4, -0.2) is 18.1 Å². The zero-order valence-corrected chi connectivity index (χ0v) is 20.9. The predicted octanol–water partition coefficient (Wildman–Crippen LogP) is 8.53. The third kappa shape index (κ3) is 5.99. The standard InChI is InChI=1S/C27H21Cl2NOS2/c28-22-11-7-20(8-12-22)24(21-9-13-23(29)14-10-21)25(19-5-2-1-3-6-19)26(31-16-15-30)27-32-17-4-18-33-27/h1-3,5-14H,4,16-18H2. The molecule has 3 aromatic carbocycles. The van der Waals surface area contributed by atoms with Gasteiger partial charge in [-0.05, 0) is 58.9 Å². The summed E-state index contributed by atoms with van der Waals surface area (Å²) >= 11 is 16.0. The lowest BCUT2D eigenvalue weighted by Crippen LogP contribution is -2.06. The minimum Gasteiger partial charge on any atom is -0.476 e. The molecule has 0 spiro atoms. The number of thioether (sulfide) groups is 2. The molecule has 1 aliphatic rings. The largest absolute Gasteiger partial charge is 0.476 e. The van der Waals surface area contributed by atoms with Crippen molar-refractivity contribution in [2.45, 2.75) is 6.42 Å². The third-order valence-corrected chi connectivity index (χ3v) is 8.12. The average molecular weight is 511 g/mol. The van der Waals surface area contributed by atoms with E-state index in [1.165, 1.54) is 0 Å². The Hall–Kier alpha value is -2.29. The number of rotatable bonds is 6. The molecule has 0 aliphatic carbocycles. The van der Waals surface area contributed by atoms with Gasteiger partial charge in [0.25, 0.3) is 0 Å². The van der Waals surface area contributed by atoms with Crippen LogP contribution in [0.3, 0.4) is 0 Å². The summed E-state index contributed by atoms with van der Waals surface area (Å²) < 4.78 is 7.29. The normalized spacial score (nSPS) is 13.2. The minimum absolute atomic E-state index is 0.0230. The van der Waals surface area contributed by atoms with Crippen molar-refractivity contribution in [1.82, 2.24) is 0 Å². The van der Waals surface area contributed by atoms with Crippen LogP contribution in [-0.2, 0) is 4.74 Å². The fourth-order valence-electron chi connectivity index (χ4n) is 3.58. The molecular weight excluding hydrogens is 489 g/mol. The topological polar surface area (TPSA) is 33.0 Å². The number of nitriles is 1. The lowest BCUT2D eigenvalue weighted by molar-refractivity contribution is 0.270. The summed E-state index contributed by atoms with van der Waals surface area (Å²) in [7, 11) is 0. The van der Waals surface area contributed by atoms with E-state index in [0.717, 1.165) is 55.8 Å². The van der Waals surface area contributed by atoms with E-state index in [1.807, 2.05) is 66.7 Å². The first kappa shape index (κ1) is 23.9. The van der Waals surface area contributed by atoms with Gasteiger partial charge in [0.15, 0.2) is 6.61 Å². The molecule has 0 saturated carbocycles. The fourth-order valence-corrected chi connectivity index (χ4v) is 6.38. The number of benzene rings is 3. The van der Waals surface area contributed by atoms with E-state index in [0.29, 0.717) is 10.0 Å². The summed E-state index contributed by atoms with van der Waals surface area (Å²) in [6, 6.07) is 28.0. The fraction of sp³-hybridized carbons (Fsp3) is 0.148. The van der Waals surface area contributed by atoms with Crippen LogP contribution < -0.4 is 0 Å². The van der Waals surface area contributed by atoms with Crippen LogP contribution in [0, 0.1) is 11.3 Å². The van der Waals surface area contributed by atoms with Crippen LogP contribution in [0.5, 0.6) is 0 Å². The molecule has 4 rings (SSSR count). The molecule has 2 nitrogen and oxygen atoms in total. The van der Waals surface area contributed by atoms with Crippen molar-refractivity contribution >= 4 is 57.9 Å². The van der Waals surface area contributed by atoms with Crippen LogP contribution >= 0.6 is 46.7 Å². The van der Waals surface area contributed by atoms with Crippen LogP contribution in [0.1, 0.15) is 23.1 Å². The second-order valence-electron chi connectivity index (χ2n) is 7.24. The first-order valence-corrected chi connectivity index (χ1v) is 13.2. The zero-order chi connectivity index (χ0) is 23.0. The van der Waals surface area contributed by atoms with E-state index >= 15 is 0 Å². The van der Waals surface area contributed by atoms with Gasteiger partial charge in [0, 0.05) is 21.2 Å². The Morgan fingerprint density at radius 3 is 1.85 bits per heavy atom. The molecule has 0 aromatic heterocycles. The highest BCUT2D eigenvalue weighted by atomic mass is 35.5. The van der Waals surface area contributed by atoms with Crippen molar-refractivity contribution in [3.63, 3.8) is 0 Å². The summed E-state index contributed by atoms with van der Waals surface area (Å²) in [5, 5.41) is 10.7. The molecule has 0 amide bonds. The van der Waals surface area contributed by atoms with Crippen molar-refractivity contribution in [3.05, 3.63) is 116 Å². The maximum Gasteiger partial charge on any atom is 0.174 e. The van der Waals surface area contributed by atoms with Gasteiger partial charge in [0.2, 0.25) is 0 Å². The number of ether oxygens (including phenoxy) is 1. The Kier molecular flexibility index (Phi) is 8.47. The monoisotopic (exact) mass is 509 g/mol. The predicted molar refractivity (Wildman–Crippen MR) is 143 cm³/mol. The zero-order valence-electron chi connectivity index (χ0n) is 17.8. The maximum atomic E-state index is 9.34. The summed E-state index contributed by atoms with van der Waals surface area (Å²) in [6.45, 7) is -0.0230. The van der Waals surface area contributed by atoms with Gasteiger partial charge in [0.1, 0.15) is 11.8 Å². The van der Waals surface area contributed by atoms with Gasteiger partial charge in [-0.3, -0.25) is 0 Å². The smallest absolute Gasteiger partial charge is 0.174 e. The number of hydrogen-bond acceptors (Lipinski definition) is 4. The van der Waals surface area contributed by atoms with Gasteiger partial charge >= 0.3 is 0 Å². The lowest BCUT2D eigenvalue weighted by atomic mass is 9.88. The molecule has 6 heteroatoms. The van der Waals surface area contributed by atoms with Crippen molar-refractivity contribution in [2.75, 3.05) is 18.1 Å². The summed E-state index contributed by atoms with van der Waals surface area (Å²) in [5.74, 6) is 2.81. The highest BCUT2D eigenvalue weighted by Gasteiger charge is 2.24. The number of halogens is 2. The summed E-state index contributed by atoms with van der Waals surface area (Å²) in [4.78, 5) is 0. The van der Waals surface area contributed by atoms with Crippen LogP contribution in [0.4, 0.5) is 0 Å². The molecule has 1 aliphatic heterocycles. The maximum absolute atomic E-state index is 9.34. The molecule has 33 heavy (non-hydrogen) atoms. The lowest BCUT2D eigenvalue weighted by Gasteiger charge is -2.23. The Balaban J connectivity index is 2.07. The van der Waals surface area contributed by atoms with E-state index in [9.17, 15) is 5.26 Å². The van der Waals surface area contributed by atoms with Gasteiger partial charge in [-0.25, -0.2) is 0 Å².